The van der Waals surface area contributed by atoms with E-state index < -0.39 is 18.0 Å². The van der Waals surface area contributed by atoms with Gasteiger partial charge in [-0.15, -0.1) is 0 Å². The molecule has 0 spiro atoms. The first-order valence-electron chi connectivity index (χ1n) is 5.45. The van der Waals surface area contributed by atoms with E-state index in [1.165, 1.54) is 0 Å². The van der Waals surface area contributed by atoms with Crippen LogP contribution in [0.25, 0.3) is 0 Å². The van der Waals surface area contributed by atoms with Crippen LogP contribution in [0.3, 0.4) is 0 Å². The first-order valence-corrected chi connectivity index (χ1v) is 5.45. The van der Waals surface area contributed by atoms with Gasteiger partial charge >= 0.3 is 6.09 Å². The van der Waals surface area contributed by atoms with Crippen molar-refractivity contribution in [2.24, 2.45) is 0 Å². The summed E-state index contributed by atoms with van der Waals surface area (Å²) in [5.74, 6) is -0.00583. The highest BCUT2D eigenvalue weighted by Gasteiger charge is 2.30. The van der Waals surface area contributed by atoms with Gasteiger partial charge in [0.2, 0.25) is 0 Å². The lowest BCUT2D eigenvalue weighted by molar-refractivity contribution is -0.118. The molecule has 1 aliphatic rings. The van der Waals surface area contributed by atoms with Crippen molar-refractivity contribution in [3.05, 3.63) is 0 Å². The molecule has 0 aromatic rings. The smallest absolute Gasteiger partial charge is 0.412 e. The molecule has 0 N–H and O–H groups in total. The average Bonchev–Trinajstić information content (AvgIpc) is 2.26. The van der Waals surface area contributed by atoms with Gasteiger partial charge in [0.25, 0.3) is 0 Å². The number of amides is 1. The molecule has 16 heavy (non-hydrogen) atoms. The minimum absolute atomic E-state index is 0.00583. The molecule has 0 aromatic carbocycles. The standard InChI is InChI=1S/C11H18FNO3/c1-11(2,3)16-10(15)13-7-6-8(14)4-5-9(13)12/h9H,4-7H2,1-3H3. The van der Waals surface area contributed by atoms with Crippen LogP contribution >= 0.6 is 0 Å². The Morgan fingerprint density at radius 3 is 2.62 bits per heavy atom. The zero-order valence-corrected chi connectivity index (χ0v) is 9.96. The van der Waals surface area contributed by atoms with Gasteiger partial charge < -0.3 is 4.74 Å². The molecule has 1 unspecified atom stereocenters. The van der Waals surface area contributed by atoms with Gasteiger partial charge in [-0.2, -0.15) is 0 Å². The molecule has 0 bridgehead atoms. The minimum atomic E-state index is -1.42. The molecule has 1 fully saturated rings. The third-order valence-corrected chi connectivity index (χ3v) is 2.26. The highest BCUT2D eigenvalue weighted by molar-refractivity contribution is 5.80. The van der Waals surface area contributed by atoms with E-state index in [2.05, 4.69) is 0 Å². The van der Waals surface area contributed by atoms with Crippen molar-refractivity contribution < 1.29 is 18.7 Å². The van der Waals surface area contributed by atoms with Crippen LogP contribution in [0, 0.1) is 0 Å². The molecular formula is C11H18FNO3. The molecule has 0 saturated carbocycles. The van der Waals surface area contributed by atoms with Gasteiger partial charge in [0, 0.05) is 25.8 Å². The molecule has 1 aliphatic heterocycles. The SMILES string of the molecule is CC(C)(C)OC(=O)N1CCC(=O)CCC1F. The highest BCUT2D eigenvalue weighted by atomic mass is 19.1. The van der Waals surface area contributed by atoms with Crippen molar-refractivity contribution in [2.75, 3.05) is 6.54 Å². The fraction of sp³-hybridized carbons (Fsp3) is 0.818. The Labute approximate surface area is 94.7 Å². The van der Waals surface area contributed by atoms with Crippen LogP contribution in [0.15, 0.2) is 0 Å². The molecule has 1 rings (SSSR count). The number of ketones is 1. The van der Waals surface area contributed by atoms with E-state index in [4.69, 9.17) is 4.74 Å². The maximum atomic E-state index is 13.6. The van der Waals surface area contributed by atoms with Crippen LogP contribution in [-0.2, 0) is 9.53 Å². The monoisotopic (exact) mass is 231 g/mol. The average molecular weight is 231 g/mol. The molecule has 1 atom stereocenters. The molecule has 0 radical (unpaired) electrons. The van der Waals surface area contributed by atoms with E-state index in [9.17, 15) is 14.0 Å². The lowest BCUT2D eigenvalue weighted by Crippen LogP contribution is -2.41. The number of alkyl halides is 1. The van der Waals surface area contributed by atoms with E-state index in [-0.39, 0.29) is 31.6 Å². The number of halogens is 1. The van der Waals surface area contributed by atoms with Crippen LogP contribution in [0.4, 0.5) is 9.18 Å². The summed E-state index contributed by atoms with van der Waals surface area (Å²) < 4.78 is 18.7. The third kappa shape index (κ3) is 3.79. The van der Waals surface area contributed by atoms with Crippen LogP contribution < -0.4 is 0 Å². The summed E-state index contributed by atoms with van der Waals surface area (Å²) >= 11 is 0. The largest absolute Gasteiger partial charge is 0.444 e. The lowest BCUT2D eigenvalue weighted by Gasteiger charge is -2.28. The molecule has 4 nitrogen and oxygen atoms in total. The van der Waals surface area contributed by atoms with Crippen LogP contribution in [0.5, 0.6) is 0 Å². The summed E-state index contributed by atoms with van der Waals surface area (Å²) in [6, 6.07) is 0. The van der Waals surface area contributed by atoms with Gasteiger partial charge in [0.1, 0.15) is 11.4 Å². The summed E-state index contributed by atoms with van der Waals surface area (Å²) in [4.78, 5) is 23.8. The molecule has 1 saturated heterocycles. The first kappa shape index (κ1) is 12.9. The second-order valence-electron chi connectivity index (χ2n) is 4.94. The minimum Gasteiger partial charge on any atom is -0.444 e. The second-order valence-corrected chi connectivity index (χ2v) is 4.94. The molecular weight excluding hydrogens is 213 g/mol. The van der Waals surface area contributed by atoms with Crippen LogP contribution in [0.2, 0.25) is 0 Å². The van der Waals surface area contributed by atoms with Gasteiger partial charge in [0.15, 0.2) is 6.30 Å². The number of ether oxygens (including phenoxy) is 1. The molecule has 1 amide bonds. The van der Waals surface area contributed by atoms with Crippen molar-refractivity contribution in [1.82, 2.24) is 4.90 Å². The predicted octanol–water partition coefficient (Wildman–Crippen LogP) is 2.27. The third-order valence-electron chi connectivity index (χ3n) is 2.26. The molecule has 1 heterocycles. The Morgan fingerprint density at radius 2 is 2.06 bits per heavy atom. The first-order chi connectivity index (χ1) is 7.29. The molecule has 92 valence electrons. The van der Waals surface area contributed by atoms with Crippen molar-refractivity contribution in [1.29, 1.82) is 0 Å². The zero-order chi connectivity index (χ0) is 12.3. The van der Waals surface area contributed by atoms with Crippen molar-refractivity contribution >= 4 is 11.9 Å². The number of rotatable bonds is 0. The van der Waals surface area contributed by atoms with Crippen molar-refractivity contribution in [3.8, 4) is 0 Å². The van der Waals surface area contributed by atoms with E-state index in [1.54, 1.807) is 20.8 Å². The maximum absolute atomic E-state index is 13.6. The predicted molar refractivity (Wildman–Crippen MR) is 56.7 cm³/mol. The maximum Gasteiger partial charge on any atom is 0.412 e. The number of nitrogens with zero attached hydrogens (tertiary/aromatic N) is 1. The van der Waals surface area contributed by atoms with E-state index in [0.717, 1.165) is 4.90 Å². The lowest BCUT2D eigenvalue weighted by atomic mass is 10.2. The van der Waals surface area contributed by atoms with E-state index >= 15 is 0 Å². The van der Waals surface area contributed by atoms with Gasteiger partial charge in [-0.25, -0.2) is 9.18 Å². The Hall–Kier alpha value is -1.13. The van der Waals surface area contributed by atoms with Crippen molar-refractivity contribution in [2.45, 2.75) is 51.9 Å². The summed E-state index contributed by atoms with van der Waals surface area (Å²) in [7, 11) is 0. The Bertz CT molecular complexity index is 285. The highest BCUT2D eigenvalue weighted by Crippen LogP contribution is 2.19. The Kier molecular flexibility index (Phi) is 3.88. The van der Waals surface area contributed by atoms with Crippen LogP contribution in [-0.4, -0.2) is 35.2 Å². The number of carbonyl (C=O) groups is 2. The summed E-state index contributed by atoms with van der Waals surface area (Å²) in [5, 5.41) is 0. The summed E-state index contributed by atoms with van der Waals surface area (Å²) in [6.07, 6.45) is -1.63. The normalized spacial score (nSPS) is 22.9. The number of carbonyl (C=O) groups excluding carboxylic acids is 2. The van der Waals surface area contributed by atoms with Crippen molar-refractivity contribution in [3.63, 3.8) is 0 Å². The van der Waals surface area contributed by atoms with Gasteiger partial charge in [-0.1, -0.05) is 0 Å². The van der Waals surface area contributed by atoms with E-state index in [0.29, 0.717) is 0 Å². The zero-order valence-electron chi connectivity index (χ0n) is 9.96. The summed E-state index contributed by atoms with van der Waals surface area (Å²) in [6.45, 7) is 5.28. The topological polar surface area (TPSA) is 46.6 Å². The van der Waals surface area contributed by atoms with Crippen LogP contribution in [0.1, 0.15) is 40.0 Å². The fourth-order valence-corrected chi connectivity index (χ4v) is 1.47. The Morgan fingerprint density at radius 1 is 1.44 bits per heavy atom. The molecule has 5 heteroatoms. The molecule has 0 aromatic heterocycles. The summed E-state index contributed by atoms with van der Waals surface area (Å²) in [5.41, 5.74) is -0.646. The van der Waals surface area contributed by atoms with E-state index in [1.807, 2.05) is 0 Å². The van der Waals surface area contributed by atoms with Gasteiger partial charge in [0.05, 0.1) is 0 Å². The Balaban J connectivity index is 2.63. The number of Topliss-reactive ketones (excluding diaryl/α,β-unsaturated/α-hetero) is 1. The number of hydrogen-bond acceptors (Lipinski definition) is 3. The van der Waals surface area contributed by atoms with Gasteiger partial charge in [-0.05, 0) is 20.8 Å². The quantitative estimate of drug-likeness (QED) is 0.601. The number of likely N-dealkylation sites (tertiary alicyclic amines) is 1. The fourth-order valence-electron chi connectivity index (χ4n) is 1.47. The second kappa shape index (κ2) is 4.80. The molecule has 0 aliphatic carbocycles. The van der Waals surface area contributed by atoms with Gasteiger partial charge in [-0.3, -0.25) is 9.69 Å². The number of hydrogen-bond donors (Lipinski definition) is 0.